The standard InChI is InChI=1S/C19H18N6O2/c1-9-18(16(8-26)25-24-9)11-2-10-5-17(22-7-14(10)15(21)4-11)23-19(27)13-3-12(13)6-20/h2,4-5,7,12-13,26H,3,8,21H2,1H3,(H,24,25)(H,22,23,27)/t12-,13+/m0/s1. The van der Waals surface area contributed by atoms with Crippen LogP contribution in [0.5, 0.6) is 0 Å². The molecule has 2 heterocycles. The van der Waals surface area contributed by atoms with Crippen molar-refractivity contribution < 1.29 is 9.90 Å². The van der Waals surface area contributed by atoms with Crippen molar-refractivity contribution in [2.75, 3.05) is 11.1 Å². The van der Waals surface area contributed by atoms with Gasteiger partial charge in [-0.1, -0.05) is 0 Å². The number of nitrogens with two attached hydrogens (primary N) is 1. The number of nitrogen functional groups attached to an aromatic ring is 1. The normalized spacial score (nSPS) is 18.3. The van der Waals surface area contributed by atoms with E-state index in [0.29, 0.717) is 23.6 Å². The van der Waals surface area contributed by atoms with E-state index >= 15 is 0 Å². The molecule has 3 aromatic rings. The summed E-state index contributed by atoms with van der Waals surface area (Å²) in [5, 5.41) is 29.7. The maximum atomic E-state index is 12.2. The fourth-order valence-corrected chi connectivity index (χ4v) is 3.32. The molecule has 0 saturated heterocycles. The molecule has 0 unspecified atom stereocenters. The van der Waals surface area contributed by atoms with Gasteiger partial charge in [-0.3, -0.25) is 9.89 Å². The van der Waals surface area contributed by atoms with Gasteiger partial charge in [0.05, 0.1) is 30.2 Å². The number of benzene rings is 1. The summed E-state index contributed by atoms with van der Waals surface area (Å²) in [5.41, 5.74) is 9.75. The van der Waals surface area contributed by atoms with Crippen molar-refractivity contribution in [2.45, 2.75) is 20.0 Å². The minimum absolute atomic E-state index is 0.184. The summed E-state index contributed by atoms with van der Waals surface area (Å²) in [6.07, 6.45) is 2.21. The zero-order chi connectivity index (χ0) is 19.1. The van der Waals surface area contributed by atoms with E-state index < -0.39 is 0 Å². The molecule has 0 bridgehead atoms. The first-order valence-corrected chi connectivity index (χ1v) is 8.56. The van der Waals surface area contributed by atoms with E-state index in [0.717, 1.165) is 27.6 Å². The Morgan fingerprint density at radius 3 is 3.00 bits per heavy atom. The molecule has 27 heavy (non-hydrogen) atoms. The number of amides is 1. The summed E-state index contributed by atoms with van der Waals surface area (Å²) >= 11 is 0. The molecule has 0 radical (unpaired) electrons. The Morgan fingerprint density at radius 2 is 2.30 bits per heavy atom. The molecular weight excluding hydrogens is 344 g/mol. The molecule has 5 N–H and O–H groups in total. The van der Waals surface area contributed by atoms with E-state index in [1.165, 1.54) is 0 Å². The molecule has 1 amide bonds. The van der Waals surface area contributed by atoms with Gasteiger partial charge >= 0.3 is 0 Å². The second-order valence-corrected chi connectivity index (χ2v) is 6.75. The number of rotatable bonds is 4. The molecule has 1 aliphatic rings. The average Bonchev–Trinajstić information content (AvgIpc) is 3.36. The second-order valence-electron chi connectivity index (χ2n) is 6.75. The van der Waals surface area contributed by atoms with Gasteiger partial charge in [-0.2, -0.15) is 10.4 Å². The van der Waals surface area contributed by atoms with E-state index in [4.69, 9.17) is 11.0 Å². The van der Waals surface area contributed by atoms with E-state index in [-0.39, 0.29) is 24.3 Å². The lowest BCUT2D eigenvalue weighted by atomic mass is 9.99. The van der Waals surface area contributed by atoms with Crippen LogP contribution in [0.4, 0.5) is 11.5 Å². The van der Waals surface area contributed by atoms with Gasteiger partial charge in [0.2, 0.25) is 5.91 Å². The number of pyridine rings is 1. The Bertz CT molecular complexity index is 1100. The molecular formula is C19H18N6O2. The van der Waals surface area contributed by atoms with Crippen LogP contribution in [0.1, 0.15) is 17.8 Å². The van der Waals surface area contributed by atoms with Gasteiger partial charge in [-0.15, -0.1) is 0 Å². The molecule has 1 saturated carbocycles. The third kappa shape index (κ3) is 2.98. The first kappa shape index (κ1) is 17.0. The van der Waals surface area contributed by atoms with E-state index in [2.05, 4.69) is 26.6 Å². The minimum Gasteiger partial charge on any atom is -0.398 e. The molecule has 1 fully saturated rings. The quantitative estimate of drug-likeness (QED) is 0.524. The van der Waals surface area contributed by atoms with Gasteiger partial charge in [0.1, 0.15) is 5.82 Å². The van der Waals surface area contributed by atoms with Crippen molar-refractivity contribution >= 4 is 28.2 Å². The van der Waals surface area contributed by atoms with Crippen molar-refractivity contribution in [1.29, 1.82) is 5.26 Å². The number of H-pyrrole nitrogens is 1. The van der Waals surface area contributed by atoms with Crippen LogP contribution in [0.25, 0.3) is 21.9 Å². The van der Waals surface area contributed by atoms with Crippen LogP contribution >= 0.6 is 0 Å². The lowest BCUT2D eigenvalue weighted by Crippen LogP contribution is -2.15. The van der Waals surface area contributed by atoms with Crippen molar-refractivity contribution in [3.63, 3.8) is 0 Å². The highest BCUT2D eigenvalue weighted by Gasteiger charge is 2.43. The molecule has 0 spiro atoms. The fourth-order valence-electron chi connectivity index (χ4n) is 3.32. The van der Waals surface area contributed by atoms with Crippen molar-refractivity contribution in [3.8, 4) is 17.2 Å². The fraction of sp³-hybridized carbons (Fsp3) is 0.263. The maximum Gasteiger partial charge on any atom is 0.230 e. The summed E-state index contributed by atoms with van der Waals surface area (Å²) < 4.78 is 0. The van der Waals surface area contributed by atoms with Gasteiger partial charge in [0, 0.05) is 28.5 Å². The van der Waals surface area contributed by atoms with Crippen molar-refractivity contribution in [3.05, 3.63) is 35.8 Å². The number of nitrogens with one attached hydrogen (secondary N) is 2. The first-order chi connectivity index (χ1) is 13.0. The molecule has 1 aliphatic carbocycles. The Labute approximate surface area is 155 Å². The van der Waals surface area contributed by atoms with Gasteiger partial charge in [-0.25, -0.2) is 4.98 Å². The van der Waals surface area contributed by atoms with Crippen LogP contribution in [-0.4, -0.2) is 26.2 Å². The molecule has 2 aromatic heterocycles. The Hall–Kier alpha value is -3.44. The Balaban J connectivity index is 1.71. The molecule has 2 atom stereocenters. The number of aliphatic hydroxyl groups excluding tert-OH is 1. The zero-order valence-corrected chi connectivity index (χ0v) is 14.7. The number of carbonyl (C=O) groups is 1. The van der Waals surface area contributed by atoms with Crippen LogP contribution in [0.15, 0.2) is 24.4 Å². The predicted molar refractivity (Wildman–Crippen MR) is 100 cm³/mol. The summed E-state index contributed by atoms with van der Waals surface area (Å²) in [6, 6.07) is 7.61. The number of carbonyl (C=O) groups excluding carboxylic acids is 1. The smallest absolute Gasteiger partial charge is 0.230 e. The number of nitriles is 1. The molecule has 8 heteroatoms. The van der Waals surface area contributed by atoms with Crippen LogP contribution in [0.3, 0.4) is 0 Å². The highest BCUT2D eigenvalue weighted by Crippen LogP contribution is 2.38. The molecule has 1 aromatic carbocycles. The number of hydrogen-bond donors (Lipinski definition) is 4. The van der Waals surface area contributed by atoms with E-state index in [1.807, 2.05) is 19.1 Å². The Kier molecular flexibility index (Phi) is 4.01. The van der Waals surface area contributed by atoms with Crippen LogP contribution in [-0.2, 0) is 11.4 Å². The largest absolute Gasteiger partial charge is 0.398 e. The Morgan fingerprint density at radius 1 is 1.48 bits per heavy atom. The average molecular weight is 362 g/mol. The highest BCUT2D eigenvalue weighted by molar-refractivity contribution is 6.00. The summed E-state index contributed by atoms with van der Waals surface area (Å²) in [6.45, 7) is 1.69. The number of aryl methyl sites for hydroxylation is 1. The number of aromatic nitrogens is 3. The second kappa shape index (κ2) is 6.37. The van der Waals surface area contributed by atoms with Gasteiger partial charge in [0.25, 0.3) is 0 Å². The summed E-state index contributed by atoms with van der Waals surface area (Å²) in [7, 11) is 0. The number of hydrogen-bond acceptors (Lipinski definition) is 6. The third-order valence-electron chi connectivity index (χ3n) is 4.87. The minimum atomic E-state index is -0.260. The first-order valence-electron chi connectivity index (χ1n) is 8.56. The molecule has 8 nitrogen and oxygen atoms in total. The zero-order valence-electron chi connectivity index (χ0n) is 14.7. The van der Waals surface area contributed by atoms with Crippen LogP contribution in [0, 0.1) is 30.1 Å². The van der Waals surface area contributed by atoms with Crippen LogP contribution in [0.2, 0.25) is 0 Å². The molecule has 0 aliphatic heterocycles. The number of anilines is 2. The number of fused-ring (bicyclic) bond motifs is 1. The topological polar surface area (TPSA) is 141 Å². The van der Waals surface area contributed by atoms with Crippen molar-refractivity contribution in [1.82, 2.24) is 15.2 Å². The number of aliphatic hydroxyl groups is 1. The molecule has 4 rings (SSSR count). The lowest BCUT2D eigenvalue weighted by Gasteiger charge is -2.10. The van der Waals surface area contributed by atoms with E-state index in [1.54, 1.807) is 12.3 Å². The monoisotopic (exact) mass is 362 g/mol. The SMILES string of the molecule is Cc1[nH]nc(CO)c1-c1cc(N)c2cnc(NC(=O)[C@@H]3C[C@H]3C#N)cc2c1. The van der Waals surface area contributed by atoms with Crippen molar-refractivity contribution in [2.24, 2.45) is 11.8 Å². The maximum absolute atomic E-state index is 12.2. The van der Waals surface area contributed by atoms with Gasteiger partial charge in [0.15, 0.2) is 0 Å². The van der Waals surface area contributed by atoms with Crippen LogP contribution < -0.4 is 11.1 Å². The predicted octanol–water partition coefficient (Wildman–Crippen LogP) is 2.11. The summed E-state index contributed by atoms with van der Waals surface area (Å²) in [4.78, 5) is 16.4. The number of aromatic amines is 1. The molecule has 136 valence electrons. The highest BCUT2D eigenvalue weighted by atomic mass is 16.3. The van der Waals surface area contributed by atoms with Gasteiger partial charge < -0.3 is 16.2 Å². The number of nitrogens with zero attached hydrogens (tertiary/aromatic N) is 3. The summed E-state index contributed by atoms with van der Waals surface area (Å²) in [5.74, 6) is -0.233. The van der Waals surface area contributed by atoms with Gasteiger partial charge in [-0.05, 0) is 42.5 Å². The van der Waals surface area contributed by atoms with E-state index in [9.17, 15) is 9.90 Å². The lowest BCUT2D eigenvalue weighted by molar-refractivity contribution is -0.117. The third-order valence-corrected chi connectivity index (χ3v) is 4.87.